The first-order chi connectivity index (χ1) is 11.0. The van der Waals surface area contributed by atoms with Gasteiger partial charge in [-0.25, -0.2) is 0 Å². The van der Waals surface area contributed by atoms with Crippen molar-refractivity contribution < 1.29 is 9.53 Å². The highest BCUT2D eigenvalue weighted by atomic mass is 35.5. The van der Waals surface area contributed by atoms with Crippen LogP contribution in [-0.2, 0) is 10.3 Å². The number of carbonyl (C=O) groups is 1. The molecule has 2 fully saturated rings. The summed E-state index contributed by atoms with van der Waals surface area (Å²) in [7, 11) is 1.81. The molecule has 0 radical (unpaired) electrons. The zero-order valence-corrected chi connectivity index (χ0v) is 15.5. The Morgan fingerprint density at radius 2 is 2.00 bits per heavy atom. The molecular weight excluding hydrogens is 326 g/mol. The molecule has 2 heterocycles. The number of fused-ring (bicyclic) bond motifs is 2. The van der Waals surface area contributed by atoms with E-state index in [1.807, 2.05) is 12.1 Å². The number of piperidine rings is 1. The highest BCUT2D eigenvalue weighted by Crippen LogP contribution is 2.51. The molecule has 2 aliphatic rings. The van der Waals surface area contributed by atoms with Crippen LogP contribution in [0.2, 0.25) is 0 Å². The first-order valence-electron chi connectivity index (χ1n) is 8.54. The van der Waals surface area contributed by atoms with Gasteiger partial charge in [-0.05, 0) is 44.4 Å². The molecule has 3 rings (SSSR count). The van der Waals surface area contributed by atoms with E-state index >= 15 is 0 Å². The summed E-state index contributed by atoms with van der Waals surface area (Å²) >= 11 is 0. The quantitative estimate of drug-likeness (QED) is 0.903. The molecule has 0 aromatic carbocycles. The molecule has 2 bridgehead atoms. The number of likely N-dealkylation sites (tertiary alicyclic amines) is 1. The van der Waals surface area contributed by atoms with Gasteiger partial charge < -0.3 is 15.4 Å². The number of ether oxygens (including phenoxy) is 1. The minimum Gasteiger partial charge on any atom is -0.373 e. The Balaban J connectivity index is 0.00000208. The molecule has 2 N–H and O–H groups in total. The van der Waals surface area contributed by atoms with Gasteiger partial charge in [0.15, 0.2) is 0 Å². The number of nitrogens with zero attached hydrogens (tertiary/aromatic N) is 2. The summed E-state index contributed by atoms with van der Waals surface area (Å²) in [6, 6.07) is 4.38. The van der Waals surface area contributed by atoms with Crippen molar-refractivity contribution in [3.63, 3.8) is 0 Å². The normalized spacial score (nSPS) is 30.0. The lowest BCUT2D eigenvalue weighted by Gasteiger charge is -2.56. The zero-order chi connectivity index (χ0) is 16.6. The number of primary amides is 1. The SMILES string of the molecule is COC1(c2ccnc(C(N)=O)c2)[C@@H]2CCC[C@H]1CN(C(C)C)C2.Cl. The molecule has 3 atom stereocenters. The Morgan fingerprint density at radius 3 is 2.50 bits per heavy atom. The maximum atomic E-state index is 11.5. The van der Waals surface area contributed by atoms with Crippen LogP contribution in [0.5, 0.6) is 0 Å². The third-order valence-corrected chi connectivity index (χ3v) is 5.76. The lowest BCUT2D eigenvalue weighted by atomic mass is 9.62. The molecule has 24 heavy (non-hydrogen) atoms. The molecular formula is C18H28ClN3O2. The highest BCUT2D eigenvalue weighted by Gasteiger charge is 2.53. The van der Waals surface area contributed by atoms with Crippen molar-refractivity contribution in [3.05, 3.63) is 29.6 Å². The van der Waals surface area contributed by atoms with E-state index in [1.54, 1.807) is 13.3 Å². The number of hydrogen-bond acceptors (Lipinski definition) is 4. The van der Waals surface area contributed by atoms with Crippen molar-refractivity contribution in [1.82, 2.24) is 9.88 Å². The van der Waals surface area contributed by atoms with Crippen molar-refractivity contribution in [3.8, 4) is 0 Å². The Hall–Kier alpha value is -1.17. The number of halogens is 1. The van der Waals surface area contributed by atoms with E-state index in [1.165, 1.54) is 6.42 Å². The summed E-state index contributed by atoms with van der Waals surface area (Å²) in [6.45, 7) is 6.59. The van der Waals surface area contributed by atoms with Crippen molar-refractivity contribution in [2.24, 2.45) is 17.6 Å². The summed E-state index contributed by atoms with van der Waals surface area (Å²) in [5.41, 5.74) is 6.48. The first kappa shape index (κ1) is 19.2. The summed E-state index contributed by atoms with van der Waals surface area (Å²) in [6.07, 6.45) is 5.24. The van der Waals surface area contributed by atoms with Crippen LogP contribution in [0.15, 0.2) is 18.3 Å². The van der Waals surface area contributed by atoms with Crippen LogP contribution < -0.4 is 5.73 Å². The Kier molecular flexibility index (Phi) is 5.89. The topological polar surface area (TPSA) is 68.5 Å². The molecule has 1 aliphatic heterocycles. The molecule has 1 saturated heterocycles. The summed E-state index contributed by atoms with van der Waals surface area (Å²) in [4.78, 5) is 18.2. The maximum Gasteiger partial charge on any atom is 0.267 e. The standard InChI is InChI=1S/C18H27N3O2.ClH/c1-12(2)21-10-14-5-4-6-15(11-21)18(14,23-3)13-7-8-20-16(9-13)17(19)22;/h7-9,12,14-15H,4-6,10-11H2,1-3H3,(H2,19,22);1H/t14-,15+,18?;. The van der Waals surface area contributed by atoms with E-state index in [0.29, 0.717) is 23.6 Å². The second-order valence-corrected chi connectivity index (χ2v) is 7.16. The van der Waals surface area contributed by atoms with Gasteiger partial charge in [-0.1, -0.05) is 6.42 Å². The molecule has 6 heteroatoms. The molecule has 1 saturated carbocycles. The molecule has 1 aromatic heterocycles. The van der Waals surface area contributed by atoms with E-state index in [-0.39, 0.29) is 18.0 Å². The van der Waals surface area contributed by atoms with Gasteiger partial charge in [0.05, 0.1) is 0 Å². The Bertz CT molecular complexity index is 579. The monoisotopic (exact) mass is 353 g/mol. The minimum absolute atomic E-state index is 0. The summed E-state index contributed by atoms with van der Waals surface area (Å²) in [5, 5.41) is 0. The third-order valence-electron chi connectivity index (χ3n) is 5.76. The number of rotatable bonds is 4. The van der Waals surface area contributed by atoms with E-state index in [9.17, 15) is 4.79 Å². The molecule has 5 nitrogen and oxygen atoms in total. The molecule has 0 spiro atoms. The number of pyridine rings is 1. The van der Waals surface area contributed by atoms with Gasteiger partial charge in [-0.2, -0.15) is 0 Å². The summed E-state index contributed by atoms with van der Waals surface area (Å²) in [5.74, 6) is 0.388. The van der Waals surface area contributed by atoms with Crippen molar-refractivity contribution >= 4 is 18.3 Å². The fourth-order valence-electron chi connectivity index (χ4n) is 4.62. The average Bonchev–Trinajstić information content (AvgIpc) is 2.53. The molecule has 134 valence electrons. The number of hydrogen-bond donors (Lipinski definition) is 1. The predicted octanol–water partition coefficient (Wildman–Crippen LogP) is 2.58. The van der Waals surface area contributed by atoms with Crippen LogP contribution in [0.3, 0.4) is 0 Å². The highest BCUT2D eigenvalue weighted by molar-refractivity contribution is 5.90. The number of amides is 1. The van der Waals surface area contributed by atoms with Crippen LogP contribution in [0.4, 0.5) is 0 Å². The van der Waals surface area contributed by atoms with Gasteiger partial charge >= 0.3 is 0 Å². The Morgan fingerprint density at radius 1 is 1.38 bits per heavy atom. The Labute approximate surface area is 150 Å². The number of carbonyl (C=O) groups excluding carboxylic acids is 1. The van der Waals surface area contributed by atoms with Crippen LogP contribution in [0.1, 0.15) is 49.2 Å². The summed E-state index contributed by atoms with van der Waals surface area (Å²) < 4.78 is 6.19. The van der Waals surface area contributed by atoms with Gasteiger partial charge in [0.2, 0.25) is 0 Å². The maximum absolute atomic E-state index is 11.5. The zero-order valence-electron chi connectivity index (χ0n) is 14.7. The van der Waals surface area contributed by atoms with Gasteiger partial charge in [0.25, 0.3) is 5.91 Å². The third kappa shape index (κ3) is 3.05. The van der Waals surface area contributed by atoms with E-state index in [4.69, 9.17) is 10.5 Å². The van der Waals surface area contributed by atoms with Crippen LogP contribution in [0.25, 0.3) is 0 Å². The predicted molar refractivity (Wildman–Crippen MR) is 96.2 cm³/mol. The molecule has 1 amide bonds. The lowest BCUT2D eigenvalue weighted by molar-refractivity contribution is -0.172. The van der Waals surface area contributed by atoms with Crippen molar-refractivity contribution in [1.29, 1.82) is 0 Å². The number of methoxy groups -OCH3 is 1. The van der Waals surface area contributed by atoms with Crippen LogP contribution >= 0.6 is 12.4 Å². The minimum atomic E-state index is -0.483. The van der Waals surface area contributed by atoms with Gasteiger partial charge in [0.1, 0.15) is 11.3 Å². The van der Waals surface area contributed by atoms with Crippen molar-refractivity contribution in [2.75, 3.05) is 20.2 Å². The fraction of sp³-hybridized carbons (Fsp3) is 0.667. The second-order valence-electron chi connectivity index (χ2n) is 7.16. The van der Waals surface area contributed by atoms with Crippen molar-refractivity contribution in [2.45, 2.75) is 44.8 Å². The second kappa shape index (κ2) is 7.38. The van der Waals surface area contributed by atoms with E-state index in [2.05, 4.69) is 23.7 Å². The lowest BCUT2D eigenvalue weighted by Crippen LogP contribution is -2.60. The van der Waals surface area contributed by atoms with Gasteiger partial charge in [0, 0.05) is 44.3 Å². The van der Waals surface area contributed by atoms with Gasteiger partial charge in [-0.3, -0.25) is 9.78 Å². The van der Waals surface area contributed by atoms with Crippen LogP contribution in [0, 0.1) is 11.8 Å². The molecule has 1 aromatic rings. The molecule has 1 aliphatic carbocycles. The largest absolute Gasteiger partial charge is 0.373 e. The number of aromatic nitrogens is 1. The van der Waals surface area contributed by atoms with Gasteiger partial charge in [-0.15, -0.1) is 12.4 Å². The van der Waals surface area contributed by atoms with E-state index in [0.717, 1.165) is 31.5 Å². The van der Waals surface area contributed by atoms with Crippen LogP contribution in [-0.4, -0.2) is 42.0 Å². The fourth-order valence-corrected chi connectivity index (χ4v) is 4.62. The first-order valence-corrected chi connectivity index (χ1v) is 8.54. The molecule has 1 unspecified atom stereocenters. The number of nitrogens with two attached hydrogens (primary N) is 1. The smallest absolute Gasteiger partial charge is 0.267 e. The van der Waals surface area contributed by atoms with E-state index < -0.39 is 5.91 Å². The average molecular weight is 354 g/mol.